The number of anilines is 1. The molecule has 3 aromatic rings. The summed E-state index contributed by atoms with van der Waals surface area (Å²) in [5.41, 5.74) is 1.19. The third-order valence-electron chi connectivity index (χ3n) is 10.6. The monoisotopic (exact) mass is 658 g/mol. The van der Waals surface area contributed by atoms with E-state index in [0.29, 0.717) is 18.6 Å². The average Bonchev–Trinajstić information content (AvgIpc) is 3.69. The Bertz CT molecular complexity index is 1920. The maximum Gasteiger partial charge on any atom is 0.241 e. The number of aromatic hydroxyl groups is 1. The van der Waals surface area contributed by atoms with Crippen molar-refractivity contribution >= 4 is 52.3 Å². The molecule has 2 saturated heterocycles. The zero-order valence-electron chi connectivity index (χ0n) is 24.6. The molecule has 6 atom stereocenters. The van der Waals surface area contributed by atoms with E-state index in [1.807, 2.05) is 23.6 Å². The molecular weight excluding hydrogens is 631 g/mol. The Hall–Kier alpha value is -4.28. The predicted molar refractivity (Wildman–Crippen MR) is 167 cm³/mol. The summed E-state index contributed by atoms with van der Waals surface area (Å²) in [6, 6.07) is 12.3. The van der Waals surface area contributed by atoms with E-state index in [4.69, 9.17) is 16.3 Å². The Balaban J connectivity index is 1.24. The number of amides is 4. The standard InChI is InChI=1S/C35H28ClFN2O6S/c1-35-25(32(42)39(34(35)44)19-4-8-27(37)26(36)13-19)14-24-22(30(35)18-11-17-12-20(40)5-9-28(17)45-16-18)6-7-23-29(24)33(43)38(31(23)41)15-21-3-2-10-46-21/h2-6,8-10,12-13,16,23-25,29-30,40H,7,11,14-15H2,1H3/t23-,24+,25-,29-,30-,35+/m0/s1. The molecule has 3 fully saturated rings. The van der Waals surface area contributed by atoms with Crippen LogP contribution in [0.1, 0.15) is 30.2 Å². The molecule has 8 nitrogen and oxygen atoms in total. The van der Waals surface area contributed by atoms with Crippen molar-refractivity contribution in [3.05, 3.63) is 98.7 Å². The van der Waals surface area contributed by atoms with Crippen LogP contribution in [0.4, 0.5) is 10.1 Å². The molecule has 5 aliphatic rings. The van der Waals surface area contributed by atoms with Crippen LogP contribution in [-0.4, -0.2) is 33.6 Å². The zero-order valence-corrected chi connectivity index (χ0v) is 26.2. The molecule has 1 saturated carbocycles. The van der Waals surface area contributed by atoms with Gasteiger partial charge in [0.25, 0.3) is 0 Å². The Kier molecular flexibility index (Phi) is 6.57. The van der Waals surface area contributed by atoms with E-state index >= 15 is 0 Å². The second-order valence-electron chi connectivity index (χ2n) is 12.9. The molecule has 3 aliphatic heterocycles. The number of imide groups is 2. The molecule has 234 valence electrons. The first-order chi connectivity index (χ1) is 22.1. The molecular formula is C35H28ClFN2O6S. The lowest BCUT2D eigenvalue weighted by Gasteiger charge is -2.49. The highest BCUT2D eigenvalue weighted by molar-refractivity contribution is 7.09. The van der Waals surface area contributed by atoms with Gasteiger partial charge in [-0.25, -0.2) is 9.29 Å². The van der Waals surface area contributed by atoms with Crippen molar-refractivity contribution in [1.29, 1.82) is 0 Å². The highest BCUT2D eigenvalue weighted by atomic mass is 35.5. The van der Waals surface area contributed by atoms with Crippen molar-refractivity contribution in [2.24, 2.45) is 35.0 Å². The van der Waals surface area contributed by atoms with Gasteiger partial charge in [-0.1, -0.05) is 29.3 Å². The third-order valence-corrected chi connectivity index (χ3v) is 11.7. The number of benzene rings is 2. The fourth-order valence-corrected chi connectivity index (χ4v) is 9.36. The molecule has 0 bridgehead atoms. The highest BCUT2D eigenvalue weighted by Gasteiger charge is 2.68. The highest BCUT2D eigenvalue weighted by Crippen LogP contribution is 2.63. The summed E-state index contributed by atoms with van der Waals surface area (Å²) >= 11 is 7.57. The van der Waals surface area contributed by atoms with Gasteiger partial charge >= 0.3 is 0 Å². The molecule has 2 aromatic carbocycles. The minimum atomic E-state index is -1.28. The molecule has 11 heteroatoms. The Morgan fingerprint density at radius 2 is 1.89 bits per heavy atom. The van der Waals surface area contributed by atoms with Crippen LogP contribution in [0.2, 0.25) is 5.02 Å². The van der Waals surface area contributed by atoms with Crippen molar-refractivity contribution in [2.45, 2.75) is 32.7 Å². The lowest BCUT2D eigenvalue weighted by atomic mass is 9.51. The van der Waals surface area contributed by atoms with Crippen LogP contribution in [0.5, 0.6) is 11.5 Å². The number of thiophene rings is 1. The van der Waals surface area contributed by atoms with Gasteiger partial charge in [0.05, 0.1) is 46.7 Å². The van der Waals surface area contributed by atoms with Crippen LogP contribution in [0.25, 0.3) is 0 Å². The molecule has 1 aromatic heterocycles. The van der Waals surface area contributed by atoms with E-state index in [2.05, 4.69) is 0 Å². The van der Waals surface area contributed by atoms with Gasteiger partial charge in [0.15, 0.2) is 0 Å². The number of hydrogen-bond acceptors (Lipinski definition) is 7. The number of rotatable bonds is 4. The van der Waals surface area contributed by atoms with Gasteiger partial charge in [-0.15, -0.1) is 11.3 Å². The van der Waals surface area contributed by atoms with Crippen LogP contribution in [0, 0.1) is 40.8 Å². The molecule has 4 heterocycles. The number of phenols is 1. The molecule has 1 N–H and O–H groups in total. The fourth-order valence-electron chi connectivity index (χ4n) is 8.50. The van der Waals surface area contributed by atoms with Crippen LogP contribution in [0.3, 0.4) is 0 Å². The van der Waals surface area contributed by atoms with E-state index in [0.717, 1.165) is 32.6 Å². The van der Waals surface area contributed by atoms with Crippen LogP contribution < -0.4 is 9.64 Å². The minimum Gasteiger partial charge on any atom is -0.508 e. The summed E-state index contributed by atoms with van der Waals surface area (Å²) < 4.78 is 20.1. The molecule has 8 rings (SSSR count). The van der Waals surface area contributed by atoms with Crippen LogP contribution in [0.15, 0.2) is 77.4 Å². The summed E-state index contributed by atoms with van der Waals surface area (Å²) in [6.07, 6.45) is 4.49. The first-order valence-corrected chi connectivity index (χ1v) is 16.4. The fraction of sp³-hybridized carbons (Fsp3) is 0.314. The number of nitrogens with zero attached hydrogens (tertiary/aromatic N) is 2. The second kappa shape index (κ2) is 10.4. The van der Waals surface area contributed by atoms with Gasteiger partial charge in [-0.2, -0.15) is 0 Å². The summed E-state index contributed by atoms with van der Waals surface area (Å²) in [6.45, 7) is 1.98. The van der Waals surface area contributed by atoms with Crippen molar-refractivity contribution in [2.75, 3.05) is 4.90 Å². The van der Waals surface area contributed by atoms with Crippen LogP contribution in [-0.2, 0) is 32.1 Å². The zero-order chi connectivity index (χ0) is 32.1. The number of carbonyl (C=O) groups is 4. The molecule has 2 aliphatic carbocycles. The summed E-state index contributed by atoms with van der Waals surface area (Å²) in [5, 5.41) is 11.9. The maximum atomic E-state index is 14.6. The Labute approximate surface area is 272 Å². The number of hydrogen-bond donors (Lipinski definition) is 1. The number of phenolic OH excluding ortho intramolecular Hbond substituents is 1. The number of likely N-dealkylation sites (tertiary alicyclic amines) is 1. The minimum absolute atomic E-state index is 0.0707. The number of allylic oxidation sites excluding steroid dienone is 3. The van der Waals surface area contributed by atoms with E-state index in [1.54, 1.807) is 25.3 Å². The van der Waals surface area contributed by atoms with Crippen LogP contribution >= 0.6 is 22.9 Å². The van der Waals surface area contributed by atoms with Gasteiger partial charge < -0.3 is 9.84 Å². The van der Waals surface area contributed by atoms with E-state index in [1.165, 1.54) is 34.4 Å². The van der Waals surface area contributed by atoms with Crippen molar-refractivity contribution in [1.82, 2.24) is 4.90 Å². The molecule has 4 amide bonds. The SMILES string of the molecule is C[C@@]12C(=O)N(c3ccc(F)c(Cl)c3)C(=O)[C@@H]1C[C@@H]1C(=CC[C@@H]3C(=O)N(Cc4cccs4)C(=O)[C@@H]31)[C@@H]2C1=COc2ccc(O)cc2C1. The number of fused-ring (bicyclic) bond motifs is 5. The van der Waals surface area contributed by atoms with E-state index in [-0.39, 0.29) is 41.2 Å². The summed E-state index contributed by atoms with van der Waals surface area (Å²) in [7, 11) is 0. The van der Waals surface area contributed by atoms with Gasteiger partial charge in [-0.3, -0.25) is 24.1 Å². The number of ether oxygens (including phenoxy) is 1. The molecule has 0 unspecified atom stereocenters. The third kappa shape index (κ3) is 4.09. The van der Waals surface area contributed by atoms with Crippen molar-refractivity contribution in [3.63, 3.8) is 0 Å². The largest absolute Gasteiger partial charge is 0.508 e. The van der Waals surface area contributed by atoms with Gasteiger partial charge in [0, 0.05) is 22.8 Å². The first-order valence-electron chi connectivity index (χ1n) is 15.2. The van der Waals surface area contributed by atoms with Crippen molar-refractivity contribution in [3.8, 4) is 11.5 Å². The second-order valence-corrected chi connectivity index (χ2v) is 14.3. The van der Waals surface area contributed by atoms with Gasteiger partial charge in [-0.05, 0) is 79.1 Å². The van der Waals surface area contributed by atoms with Gasteiger partial charge in [0.1, 0.15) is 17.3 Å². The Morgan fingerprint density at radius 3 is 2.65 bits per heavy atom. The number of halogens is 2. The molecule has 0 spiro atoms. The molecule has 0 radical (unpaired) electrons. The maximum absolute atomic E-state index is 14.6. The predicted octanol–water partition coefficient (Wildman–Crippen LogP) is 6.03. The van der Waals surface area contributed by atoms with Gasteiger partial charge in [0.2, 0.25) is 23.6 Å². The molecule has 46 heavy (non-hydrogen) atoms. The lowest BCUT2D eigenvalue weighted by molar-refractivity contribution is -0.141. The average molecular weight is 659 g/mol. The first kappa shape index (κ1) is 29.1. The smallest absolute Gasteiger partial charge is 0.241 e. The Morgan fingerprint density at radius 1 is 1.07 bits per heavy atom. The summed E-state index contributed by atoms with van der Waals surface area (Å²) in [5.74, 6) is -4.58. The lowest BCUT2D eigenvalue weighted by Crippen LogP contribution is -2.51. The number of carbonyl (C=O) groups excluding carboxylic acids is 4. The van der Waals surface area contributed by atoms with E-state index in [9.17, 15) is 28.7 Å². The normalized spacial score (nSPS) is 29.9. The topological polar surface area (TPSA) is 104 Å². The van der Waals surface area contributed by atoms with E-state index < -0.39 is 52.6 Å². The van der Waals surface area contributed by atoms with Crippen molar-refractivity contribution < 1.29 is 33.4 Å². The quantitative estimate of drug-likeness (QED) is 0.271. The summed E-state index contributed by atoms with van der Waals surface area (Å²) in [4.78, 5) is 60.0.